The SMILES string of the molecule is Cc1cc(Cl)ccc1[C@H](C1CCCCC1)N1CCNCC1. The lowest BCUT2D eigenvalue weighted by Crippen LogP contribution is -2.47. The Balaban J connectivity index is 1.89. The molecule has 1 heterocycles. The van der Waals surface area contributed by atoms with E-state index in [0.717, 1.165) is 24.0 Å². The van der Waals surface area contributed by atoms with Crippen molar-refractivity contribution in [1.82, 2.24) is 10.2 Å². The minimum atomic E-state index is 0.588. The Hall–Kier alpha value is -0.570. The van der Waals surface area contributed by atoms with E-state index in [1.54, 1.807) is 0 Å². The zero-order valence-corrected chi connectivity index (χ0v) is 13.8. The van der Waals surface area contributed by atoms with Crippen molar-refractivity contribution in [3.63, 3.8) is 0 Å². The molecule has 1 aromatic carbocycles. The molecule has 1 saturated carbocycles. The number of benzene rings is 1. The van der Waals surface area contributed by atoms with Crippen LogP contribution in [0.3, 0.4) is 0 Å². The lowest BCUT2D eigenvalue weighted by molar-refractivity contribution is 0.103. The van der Waals surface area contributed by atoms with Gasteiger partial charge in [0.1, 0.15) is 0 Å². The first-order chi connectivity index (χ1) is 10.3. The predicted octanol–water partition coefficient (Wildman–Crippen LogP) is 4.18. The molecular weight excluding hydrogens is 280 g/mol. The maximum atomic E-state index is 6.17. The Kier molecular flexibility index (Phi) is 5.20. The molecule has 0 aromatic heterocycles. The van der Waals surface area contributed by atoms with Gasteiger partial charge in [0.05, 0.1) is 0 Å². The van der Waals surface area contributed by atoms with Crippen molar-refractivity contribution in [2.45, 2.75) is 45.1 Å². The number of piperazine rings is 1. The number of nitrogens with zero attached hydrogens (tertiary/aromatic N) is 1. The van der Waals surface area contributed by atoms with Crippen molar-refractivity contribution < 1.29 is 0 Å². The lowest BCUT2D eigenvalue weighted by atomic mass is 9.79. The van der Waals surface area contributed by atoms with Gasteiger partial charge in [-0.2, -0.15) is 0 Å². The van der Waals surface area contributed by atoms with Crippen molar-refractivity contribution in [2.24, 2.45) is 5.92 Å². The van der Waals surface area contributed by atoms with Gasteiger partial charge < -0.3 is 5.32 Å². The summed E-state index contributed by atoms with van der Waals surface area (Å²) in [4.78, 5) is 2.71. The molecular formula is C18H27ClN2. The van der Waals surface area contributed by atoms with E-state index in [1.165, 1.54) is 56.3 Å². The van der Waals surface area contributed by atoms with E-state index in [0.29, 0.717) is 6.04 Å². The summed E-state index contributed by atoms with van der Waals surface area (Å²) in [6.45, 7) is 6.80. The average molecular weight is 307 g/mol. The molecule has 21 heavy (non-hydrogen) atoms. The summed E-state index contributed by atoms with van der Waals surface area (Å²) in [5.74, 6) is 0.816. The van der Waals surface area contributed by atoms with Gasteiger partial charge in [0.15, 0.2) is 0 Å². The third-order valence-electron chi connectivity index (χ3n) is 5.19. The van der Waals surface area contributed by atoms with E-state index >= 15 is 0 Å². The molecule has 0 radical (unpaired) electrons. The quantitative estimate of drug-likeness (QED) is 0.901. The van der Waals surface area contributed by atoms with Gasteiger partial charge in [0.2, 0.25) is 0 Å². The second-order valence-electron chi connectivity index (χ2n) is 6.63. The third kappa shape index (κ3) is 3.61. The van der Waals surface area contributed by atoms with E-state index < -0.39 is 0 Å². The number of halogens is 1. The molecule has 116 valence electrons. The maximum Gasteiger partial charge on any atom is 0.0408 e. The van der Waals surface area contributed by atoms with Crippen LogP contribution in [0.5, 0.6) is 0 Å². The highest BCUT2D eigenvalue weighted by atomic mass is 35.5. The number of hydrogen-bond donors (Lipinski definition) is 1. The fraction of sp³-hybridized carbons (Fsp3) is 0.667. The minimum Gasteiger partial charge on any atom is -0.314 e. The summed E-state index contributed by atoms with van der Waals surface area (Å²) in [5, 5.41) is 4.35. The van der Waals surface area contributed by atoms with Crippen LogP contribution in [0.1, 0.15) is 49.3 Å². The summed E-state index contributed by atoms with van der Waals surface area (Å²) >= 11 is 6.17. The van der Waals surface area contributed by atoms with E-state index in [-0.39, 0.29) is 0 Å². The highest BCUT2D eigenvalue weighted by Gasteiger charge is 2.31. The van der Waals surface area contributed by atoms with Gasteiger partial charge in [-0.3, -0.25) is 4.90 Å². The molecule has 1 aromatic rings. The summed E-state index contributed by atoms with van der Waals surface area (Å²) in [7, 11) is 0. The van der Waals surface area contributed by atoms with E-state index in [4.69, 9.17) is 11.6 Å². The molecule has 3 rings (SSSR count). The summed E-state index contributed by atoms with van der Waals surface area (Å²) < 4.78 is 0. The second kappa shape index (κ2) is 7.13. The van der Waals surface area contributed by atoms with Gasteiger partial charge in [0.25, 0.3) is 0 Å². The number of hydrogen-bond acceptors (Lipinski definition) is 2. The van der Waals surface area contributed by atoms with Crippen LogP contribution in [0, 0.1) is 12.8 Å². The topological polar surface area (TPSA) is 15.3 Å². The monoisotopic (exact) mass is 306 g/mol. The fourth-order valence-electron chi connectivity index (χ4n) is 4.13. The molecule has 2 nitrogen and oxygen atoms in total. The first-order valence-corrected chi connectivity index (χ1v) is 8.84. The lowest BCUT2D eigenvalue weighted by Gasteiger charge is -2.41. The molecule has 0 amide bonds. The summed E-state index contributed by atoms with van der Waals surface area (Å²) in [5.41, 5.74) is 2.87. The fourth-order valence-corrected chi connectivity index (χ4v) is 4.36. The number of nitrogens with one attached hydrogen (secondary N) is 1. The molecule has 1 N–H and O–H groups in total. The van der Waals surface area contributed by atoms with Gasteiger partial charge in [-0.15, -0.1) is 0 Å². The molecule has 1 aliphatic carbocycles. The Morgan fingerprint density at radius 3 is 2.52 bits per heavy atom. The van der Waals surface area contributed by atoms with Crippen LogP contribution in [-0.2, 0) is 0 Å². The van der Waals surface area contributed by atoms with Crippen molar-refractivity contribution >= 4 is 11.6 Å². The molecule has 2 aliphatic rings. The largest absolute Gasteiger partial charge is 0.314 e. The molecule has 1 atom stereocenters. The van der Waals surface area contributed by atoms with Crippen LogP contribution >= 0.6 is 11.6 Å². The highest BCUT2D eigenvalue weighted by Crippen LogP contribution is 2.40. The molecule has 1 saturated heterocycles. The molecule has 2 fully saturated rings. The average Bonchev–Trinajstić information content (AvgIpc) is 2.52. The zero-order valence-electron chi connectivity index (χ0n) is 13.1. The highest BCUT2D eigenvalue weighted by molar-refractivity contribution is 6.30. The molecule has 0 unspecified atom stereocenters. The van der Waals surface area contributed by atoms with Crippen molar-refractivity contribution in [1.29, 1.82) is 0 Å². The normalized spacial score (nSPS) is 23.1. The zero-order chi connectivity index (χ0) is 14.7. The van der Waals surface area contributed by atoms with Crippen LogP contribution in [0.15, 0.2) is 18.2 Å². The first-order valence-electron chi connectivity index (χ1n) is 8.46. The second-order valence-corrected chi connectivity index (χ2v) is 7.07. The Morgan fingerprint density at radius 1 is 1.14 bits per heavy atom. The van der Waals surface area contributed by atoms with Gasteiger partial charge in [0, 0.05) is 37.2 Å². The van der Waals surface area contributed by atoms with E-state index in [1.807, 2.05) is 0 Å². The molecule has 0 bridgehead atoms. The molecule has 1 aliphatic heterocycles. The van der Waals surface area contributed by atoms with Crippen molar-refractivity contribution in [3.05, 3.63) is 34.3 Å². The van der Waals surface area contributed by atoms with Crippen LogP contribution in [0.2, 0.25) is 5.02 Å². The minimum absolute atomic E-state index is 0.588. The van der Waals surface area contributed by atoms with E-state index in [9.17, 15) is 0 Å². The summed E-state index contributed by atoms with van der Waals surface area (Å²) in [6.07, 6.45) is 7.00. The van der Waals surface area contributed by atoms with E-state index in [2.05, 4.69) is 35.3 Å². The van der Waals surface area contributed by atoms with Crippen molar-refractivity contribution in [3.8, 4) is 0 Å². The van der Waals surface area contributed by atoms with Crippen LogP contribution in [-0.4, -0.2) is 31.1 Å². The molecule has 3 heteroatoms. The predicted molar refractivity (Wildman–Crippen MR) is 89.9 cm³/mol. The molecule has 0 spiro atoms. The standard InChI is InChI=1S/C18H27ClN2/c1-14-13-16(19)7-8-17(14)18(15-5-3-2-4-6-15)21-11-9-20-10-12-21/h7-8,13,15,18,20H,2-6,9-12H2,1H3/t18-/m0/s1. The first kappa shape index (κ1) is 15.3. The van der Waals surface area contributed by atoms with Crippen LogP contribution < -0.4 is 5.32 Å². The smallest absolute Gasteiger partial charge is 0.0408 e. The van der Waals surface area contributed by atoms with Crippen LogP contribution in [0.25, 0.3) is 0 Å². The number of aryl methyl sites for hydroxylation is 1. The Labute approximate surface area is 133 Å². The Morgan fingerprint density at radius 2 is 1.86 bits per heavy atom. The Bertz CT molecular complexity index is 444. The number of rotatable bonds is 3. The van der Waals surface area contributed by atoms with Crippen molar-refractivity contribution in [2.75, 3.05) is 26.2 Å². The van der Waals surface area contributed by atoms with Gasteiger partial charge >= 0.3 is 0 Å². The maximum absolute atomic E-state index is 6.17. The van der Waals surface area contributed by atoms with Gasteiger partial charge in [-0.25, -0.2) is 0 Å². The van der Waals surface area contributed by atoms with Gasteiger partial charge in [-0.05, 0) is 48.9 Å². The van der Waals surface area contributed by atoms with Crippen LogP contribution in [0.4, 0.5) is 0 Å². The third-order valence-corrected chi connectivity index (χ3v) is 5.43. The van der Waals surface area contributed by atoms with Gasteiger partial charge in [-0.1, -0.05) is 36.9 Å². The summed E-state index contributed by atoms with van der Waals surface area (Å²) in [6, 6.07) is 7.07.